The lowest BCUT2D eigenvalue weighted by atomic mass is 9.88. The Bertz CT molecular complexity index is 572. The smallest absolute Gasteiger partial charge is 0.238 e. The molecule has 0 spiro atoms. The van der Waals surface area contributed by atoms with Gasteiger partial charge in [0, 0.05) is 11.1 Å². The molecule has 1 aliphatic rings. The van der Waals surface area contributed by atoms with Crippen molar-refractivity contribution in [2.24, 2.45) is 10.6 Å². The van der Waals surface area contributed by atoms with Gasteiger partial charge in [-0.05, 0) is 37.1 Å². The number of carbonyl (C=O) groups is 1. The molecule has 1 aliphatic carbocycles. The highest BCUT2D eigenvalue weighted by Crippen LogP contribution is 2.38. The summed E-state index contributed by atoms with van der Waals surface area (Å²) in [5, 5.41) is 7.84. The van der Waals surface area contributed by atoms with E-state index in [-0.39, 0.29) is 16.2 Å². The maximum absolute atomic E-state index is 12.2. The summed E-state index contributed by atoms with van der Waals surface area (Å²) in [6.45, 7) is 1.97. The molecule has 1 saturated carbocycles. The molecule has 6 heteroatoms. The molecule has 1 aromatic rings. The van der Waals surface area contributed by atoms with E-state index in [2.05, 4.69) is 5.32 Å². The van der Waals surface area contributed by atoms with Crippen LogP contribution in [0, 0.1) is 5.41 Å². The number of hydrogen-bond donors (Lipinski definition) is 2. The molecule has 0 saturated heterocycles. The van der Waals surface area contributed by atoms with Crippen LogP contribution in [0.5, 0.6) is 0 Å². The summed E-state index contributed by atoms with van der Waals surface area (Å²) < 4.78 is 22.2. The Kier molecular flexibility index (Phi) is 3.64. The van der Waals surface area contributed by atoms with Gasteiger partial charge in [0.25, 0.3) is 0 Å². The predicted molar refractivity (Wildman–Crippen MR) is 73.0 cm³/mol. The van der Waals surface area contributed by atoms with Crippen molar-refractivity contribution in [2.75, 3.05) is 5.32 Å². The molecule has 19 heavy (non-hydrogen) atoms. The van der Waals surface area contributed by atoms with Crippen LogP contribution in [0.15, 0.2) is 29.2 Å². The van der Waals surface area contributed by atoms with E-state index >= 15 is 0 Å². The molecule has 0 unspecified atom stereocenters. The van der Waals surface area contributed by atoms with Gasteiger partial charge in [0.15, 0.2) is 0 Å². The third kappa shape index (κ3) is 3.13. The Morgan fingerprint density at radius 2 is 1.74 bits per heavy atom. The number of anilines is 1. The lowest BCUT2D eigenvalue weighted by Crippen LogP contribution is -2.30. The van der Waals surface area contributed by atoms with Gasteiger partial charge in [-0.25, -0.2) is 13.6 Å². The van der Waals surface area contributed by atoms with Gasteiger partial charge >= 0.3 is 0 Å². The van der Waals surface area contributed by atoms with E-state index in [1.165, 1.54) is 12.1 Å². The second-order valence-electron chi connectivity index (χ2n) is 5.29. The molecule has 104 valence electrons. The molecule has 2 rings (SSSR count). The Morgan fingerprint density at radius 1 is 1.21 bits per heavy atom. The minimum Gasteiger partial charge on any atom is -0.326 e. The van der Waals surface area contributed by atoms with Crippen molar-refractivity contribution in [3.8, 4) is 0 Å². The quantitative estimate of drug-likeness (QED) is 0.886. The van der Waals surface area contributed by atoms with Crippen molar-refractivity contribution in [3.05, 3.63) is 24.3 Å². The van der Waals surface area contributed by atoms with Crippen LogP contribution in [0.25, 0.3) is 0 Å². The van der Waals surface area contributed by atoms with Gasteiger partial charge in [-0.15, -0.1) is 0 Å². The maximum Gasteiger partial charge on any atom is 0.238 e. The molecular weight excluding hydrogens is 264 g/mol. The second kappa shape index (κ2) is 4.94. The van der Waals surface area contributed by atoms with Crippen LogP contribution < -0.4 is 10.5 Å². The highest BCUT2D eigenvalue weighted by Gasteiger charge is 2.36. The third-order valence-electron chi connectivity index (χ3n) is 3.70. The first-order chi connectivity index (χ1) is 8.81. The fourth-order valence-electron chi connectivity index (χ4n) is 2.39. The molecule has 0 radical (unpaired) electrons. The van der Waals surface area contributed by atoms with Crippen LogP contribution in [-0.4, -0.2) is 14.3 Å². The van der Waals surface area contributed by atoms with E-state index in [1.807, 2.05) is 6.92 Å². The van der Waals surface area contributed by atoms with Gasteiger partial charge in [-0.2, -0.15) is 0 Å². The van der Waals surface area contributed by atoms with E-state index in [0.717, 1.165) is 25.7 Å². The van der Waals surface area contributed by atoms with Crippen LogP contribution in [0.2, 0.25) is 0 Å². The Labute approximate surface area is 113 Å². The van der Waals surface area contributed by atoms with Crippen LogP contribution in [0.4, 0.5) is 5.69 Å². The van der Waals surface area contributed by atoms with E-state index in [0.29, 0.717) is 5.69 Å². The SMILES string of the molecule is CC1(C(=O)Nc2ccc(S(N)(=O)=O)cc2)CCCC1. The minimum atomic E-state index is -3.69. The zero-order valence-corrected chi connectivity index (χ0v) is 11.7. The molecule has 1 fully saturated rings. The first kappa shape index (κ1) is 14.0. The number of hydrogen-bond acceptors (Lipinski definition) is 3. The van der Waals surface area contributed by atoms with Crippen molar-refractivity contribution in [1.29, 1.82) is 0 Å². The van der Waals surface area contributed by atoms with Crippen LogP contribution in [0.1, 0.15) is 32.6 Å². The highest BCUT2D eigenvalue weighted by molar-refractivity contribution is 7.89. The lowest BCUT2D eigenvalue weighted by molar-refractivity contribution is -0.124. The monoisotopic (exact) mass is 282 g/mol. The van der Waals surface area contributed by atoms with Crippen molar-refractivity contribution < 1.29 is 13.2 Å². The van der Waals surface area contributed by atoms with Crippen LogP contribution in [-0.2, 0) is 14.8 Å². The Hall–Kier alpha value is -1.40. The fourth-order valence-corrected chi connectivity index (χ4v) is 2.91. The zero-order valence-electron chi connectivity index (χ0n) is 10.8. The number of carbonyl (C=O) groups excluding carboxylic acids is 1. The first-order valence-corrected chi connectivity index (χ1v) is 7.80. The molecule has 0 heterocycles. The number of benzene rings is 1. The average Bonchev–Trinajstić information content (AvgIpc) is 2.77. The standard InChI is InChI=1S/C13H18N2O3S/c1-13(8-2-3-9-13)12(16)15-10-4-6-11(7-5-10)19(14,17)18/h4-7H,2-3,8-9H2,1H3,(H,15,16)(H2,14,17,18). The molecule has 0 bridgehead atoms. The van der Waals surface area contributed by atoms with Gasteiger partial charge in [-0.1, -0.05) is 19.8 Å². The normalized spacial score (nSPS) is 18.2. The zero-order chi connectivity index (χ0) is 14.1. The number of amides is 1. The summed E-state index contributed by atoms with van der Waals surface area (Å²) in [6.07, 6.45) is 3.95. The fraction of sp³-hybridized carbons (Fsp3) is 0.462. The van der Waals surface area contributed by atoms with Gasteiger partial charge in [0.05, 0.1) is 4.90 Å². The molecule has 0 aliphatic heterocycles. The molecule has 5 nitrogen and oxygen atoms in total. The summed E-state index contributed by atoms with van der Waals surface area (Å²) in [4.78, 5) is 12.2. The van der Waals surface area contributed by atoms with E-state index in [9.17, 15) is 13.2 Å². The molecule has 0 atom stereocenters. The molecular formula is C13H18N2O3S. The van der Waals surface area contributed by atoms with Gasteiger partial charge < -0.3 is 5.32 Å². The summed E-state index contributed by atoms with van der Waals surface area (Å²) in [5.74, 6) is -0.00615. The van der Waals surface area contributed by atoms with Gasteiger partial charge in [0.1, 0.15) is 0 Å². The number of primary sulfonamides is 1. The van der Waals surface area contributed by atoms with E-state index in [1.54, 1.807) is 12.1 Å². The Balaban J connectivity index is 2.10. The number of sulfonamides is 1. The molecule has 1 aromatic carbocycles. The van der Waals surface area contributed by atoms with E-state index < -0.39 is 10.0 Å². The highest BCUT2D eigenvalue weighted by atomic mass is 32.2. The largest absolute Gasteiger partial charge is 0.326 e. The van der Waals surface area contributed by atoms with Crippen molar-refractivity contribution >= 4 is 21.6 Å². The minimum absolute atomic E-state index is 0.00615. The maximum atomic E-state index is 12.2. The number of nitrogens with two attached hydrogens (primary N) is 1. The van der Waals surface area contributed by atoms with Gasteiger partial charge in [-0.3, -0.25) is 4.79 Å². The lowest BCUT2D eigenvalue weighted by Gasteiger charge is -2.22. The molecule has 3 N–H and O–H groups in total. The molecule has 0 aromatic heterocycles. The Morgan fingerprint density at radius 3 is 2.21 bits per heavy atom. The third-order valence-corrected chi connectivity index (χ3v) is 4.63. The van der Waals surface area contributed by atoms with Crippen LogP contribution in [0.3, 0.4) is 0 Å². The van der Waals surface area contributed by atoms with Gasteiger partial charge in [0.2, 0.25) is 15.9 Å². The van der Waals surface area contributed by atoms with Crippen molar-refractivity contribution in [3.63, 3.8) is 0 Å². The van der Waals surface area contributed by atoms with Crippen LogP contribution >= 0.6 is 0 Å². The summed E-state index contributed by atoms with van der Waals surface area (Å²) in [6, 6.07) is 5.88. The predicted octanol–water partition coefficient (Wildman–Crippen LogP) is 1.85. The first-order valence-electron chi connectivity index (χ1n) is 6.26. The van der Waals surface area contributed by atoms with E-state index in [4.69, 9.17) is 5.14 Å². The molecule has 1 amide bonds. The number of nitrogens with one attached hydrogen (secondary N) is 1. The summed E-state index contributed by atoms with van der Waals surface area (Å²) >= 11 is 0. The summed E-state index contributed by atoms with van der Waals surface area (Å²) in [5.41, 5.74) is 0.282. The number of rotatable bonds is 3. The van der Waals surface area contributed by atoms with Crippen molar-refractivity contribution in [2.45, 2.75) is 37.5 Å². The summed E-state index contributed by atoms with van der Waals surface area (Å²) in [7, 11) is -3.69. The van der Waals surface area contributed by atoms with Crippen molar-refractivity contribution in [1.82, 2.24) is 0 Å². The topological polar surface area (TPSA) is 89.3 Å². The average molecular weight is 282 g/mol. The second-order valence-corrected chi connectivity index (χ2v) is 6.85.